The molecule has 0 aliphatic heterocycles. The third-order valence-corrected chi connectivity index (χ3v) is 8.64. The van der Waals surface area contributed by atoms with Gasteiger partial charge in [0, 0.05) is 22.1 Å². The van der Waals surface area contributed by atoms with Crippen LogP contribution in [-0.4, -0.2) is 9.97 Å². The highest BCUT2D eigenvalue weighted by Crippen LogP contribution is 2.35. The second-order valence-corrected chi connectivity index (χ2v) is 11.9. The summed E-state index contributed by atoms with van der Waals surface area (Å²) in [5.74, 6) is 0.724. The lowest BCUT2D eigenvalue weighted by atomic mass is 9.77. The molecule has 6 aromatic carbocycles. The van der Waals surface area contributed by atoms with E-state index in [0.717, 1.165) is 33.9 Å². The summed E-state index contributed by atoms with van der Waals surface area (Å²) in [6, 6.07) is 59.7. The fraction of sp³-hybridized carbons (Fsp3) is 0.0698. The Bertz CT molecular complexity index is 1970. The first-order valence-corrected chi connectivity index (χ1v) is 15.4. The van der Waals surface area contributed by atoms with Crippen LogP contribution in [0.25, 0.3) is 56.2 Å². The molecule has 45 heavy (non-hydrogen) atoms. The third kappa shape index (κ3) is 5.96. The largest absolute Gasteiger partial charge is 0.228 e. The maximum Gasteiger partial charge on any atom is 0.160 e. The highest BCUT2D eigenvalue weighted by atomic mass is 14.9. The Hall–Kier alpha value is -5.60. The molecule has 0 atom stereocenters. The second kappa shape index (κ2) is 12.2. The van der Waals surface area contributed by atoms with Crippen molar-refractivity contribution in [2.45, 2.75) is 19.3 Å². The van der Waals surface area contributed by atoms with Crippen molar-refractivity contribution in [2.75, 3.05) is 0 Å². The normalized spacial score (nSPS) is 11.3. The van der Waals surface area contributed by atoms with Crippen molar-refractivity contribution >= 4 is 0 Å². The highest BCUT2D eigenvalue weighted by molar-refractivity contribution is 5.74. The zero-order chi connectivity index (χ0) is 30.6. The van der Waals surface area contributed by atoms with Gasteiger partial charge in [-0.25, -0.2) is 9.97 Å². The van der Waals surface area contributed by atoms with Crippen LogP contribution in [0.2, 0.25) is 0 Å². The lowest BCUT2D eigenvalue weighted by Gasteiger charge is -2.26. The van der Waals surface area contributed by atoms with E-state index in [9.17, 15) is 0 Å². The summed E-state index contributed by atoms with van der Waals surface area (Å²) in [7, 11) is 0. The van der Waals surface area contributed by atoms with E-state index in [-0.39, 0.29) is 5.41 Å². The van der Waals surface area contributed by atoms with Gasteiger partial charge in [0.2, 0.25) is 0 Å². The molecule has 2 nitrogen and oxygen atoms in total. The van der Waals surface area contributed by atoms with E-state index < -0.39 is 0 Å². The average molecular weight is 579 g/mol. The van der Waals surface area contributed by atoms with Crippen LogP contribution in [0.15, 0.2) is 170 Å². The van der Waals surface area contributed by atoms with Crippen LogP contribution in [-0.2, 0) is 5.41 Å². The summed E-state index contributed by atoms with van der Waals surface area (Å²) in [4.78, 5) is 10.0. The molecule has 0 saturated heterocycles. The van der Waals surface area contributed by atoms with Crippen molar-refractivity contribution in [3.8, 4) is 56.2 Å². The summed E-state index contributed by atoms with van der Waals surface area (Å²) >= 11 is 0. The number of hydrogen-bond acceptors (Lipinski definition) is 2. The fourth-order valence-electron chi connectivity index (χ4n) is 5.88. The van der Waals surface area contributed by atoms with Gasteiger partial charge in [0.05, 0.1) is 11.4 Å². The molecule has 1 heterocycles. The fourth-order valence-corrected chi connectivity index (χ4v) is 5.88. The van der Waals surface area contributed by atoms with Gasteiger partial charge in [-0.1, -0.05) is 172 Å². The Kier molecular flexibility index (Phi) is 7.63. The molecular weight excluding hydrogens is 544 g/mol. The van der Waals surface area contributed by atoms with Gasteiger partial charge in [-0.15, -0.1) is 0 Å². The van der Waals surface area contributed by atoms with Crippen molar-refractivity contribution in [3.05, 3.63) is 181 Å². The predicted molar refractivity (Wildman–Crippen MR) is 188 cm³/mol. The first kappa shape index (κ1) is 28.2. The number of nitrogens with zero attached hydrogens (tertiary/aromatic N) is 2. The number of aromatic nitrogens is 2. The quantitative estimate of drug-likeness (QED) is 0.188. The Balaban J connectivity index is 1.17. The summed E-state index contributed by atoms with van der Waals surface area (Å²) in [6.45, 7) is 4.57. The number of rotatable bonds is 7. The molecule has 0 radical (unpaired) electrons. The summed E-state index contributed by atoms with van der Waals surface area (Å²) in [5.41, 5.74) is 12.2. The van der Waals surface area contributed by atoms with E-state index in [1.807, 2.05) is 36.4 Å². The molecule has 0 aliphatic rings. The van der Waals surface area contributed by atoms with Crippen molar-refractivity contribution < 1.29 is 0 Å². The van der Waals surface area contributed by atoms with E-state index >= 15 is 0 Å². The molecule has 0 saturated carbocycles. The smallest absolute Gasteiger partial charge is 0.160 e. The van der Waals surface area contributed by atoms with E-state index in [1.54, 1.807) is 0 Å². The molecule has 0 unspecified atom stereocenters. The summed E-state index contributed by atoms with van der Waals surface area (Å²) in [5, 5.41) is 0. The minimum absolute atomic E-state index is 0.176. The van der Waals surface area contributed by atoms with Crippen molar-refractivity contribution in [1.82, 2.24) is 9.97 Å². The lowest BCUT2D eigenvalue weighted by Crippen LogP contribution is -2.18. The minimum Gasteiger partial charge on any atom is -0.228 e. The predicted octanol–water partition coefficient (Wildman–Crippen LogP) is 11.1. The van der Waals surface area contributed by atoms with Gasteiger partial charge in [-0.3, -0.25) is 0 Å². The molecule has 7 aromatic rings. The molecule has 0 N–H and O–H groups in total. The van der Waals surface area contributed by atoms with Gasteiger partial charge in [-0.05, 0) is 45.5 Å². The molecule has 0 bridgehead atoms. The van der Waals surface area contributed by atoms with Crippen molar-refractivity contribution in [2.24, 2.45) is 0 Å². The van der Waals surface area contributed by atoms with E-state index in [4.69, 9.17) is 9.97 Å². The third-order valence-electron chi connectivity index (χ3n) is 8.64. The zero-order valence-electron chi connectivity index (χ0n) is 25.6. The van der Waals surface area contributed by atoms with Gasteiger partial charge in [0.15, 0.2) is 5.82 Å². The Labute approximate surface area is 265 Å². The highest BCUT2D eigenvalue weighted by Gasteiger charge is 2.23. The van der Waals surface area contributed by atoms with E-state index in [2.05, 4.69) is 147 Å². The van der Waals surface area contributed by atoms with E-state index in [0.29, 0.717) is 0 Å². The van der Waals surface area contributed by atoms with Gasteiger partial charge in [0.1, 0.15) is 0 Å². The monoisotopic (exact) mass is 578 g/mol. The lowest BCUT2D eigenvalue weighted by molar-refractivity contribution is 0.641. The Morgan fingerprint density at radius 2 is 0.711 bits per heavy atom. The molecular formula is C43H34N2. The number of hydrogen-bond donors (Lipinski definition) is 0. The molecule has 7 rings (SSSR count). The molecule has 2 heteroatoms. The molecule has 0 aliphatic carbocycles. The van der Waals surface area contributed by atoms with Gasteiger partial charge < -0.3 is 0 Å². The SMILES string of the molecule is CC(C)(c1ccc(-c2cccc(-c3ccccc3)c2)cc1)c1ccc(-c2nc(-c3ccccc3)cc(-c3ccccc3)n2)cc1. The van der Waals surface area contributed by atoms with Crippen LogP contribution in [0, 0.1) is 0 Å². The van der Waals surface area contributed by atoms with Crippen molar-refractivity contribution in [3.63, 3.8) is 0 Å². The van der Waals surface area contributed by atoms with Gasteiger partial charge in [0.25, 0.3) is 0 Å². The molecule has 0 spiro atoms. The Morgan fingerprint density at radius 1 is 0.333 bits per heavy atom. The van der Waals surface area contributed by atoms with Crippen LogP contribution in [0.5, 0.6) is 0 Å². The van der Waals surface area contributed by atoms with Crippen LogP contribution in [0.3, 0.4) is 0 Å². The standard InChI is InChI=1S/C43H34N2/c1-43(2,38-25-21-32(22-26-38)37-20-12-19-36(29-37)31-13-6-3-7-14-31)39-27-23-35(24-28-39)42-44-40(33-15-8-4-9-16-33)30-41(45-42)34-17-10-5-11-18-34/h3-30H,1-2H3. The first-order chi connectivity index (χ1) is 22.0. The van der Waals surface area contributed by atoms with Crippen LogP contribution < -0.4 is 0 Å². The molecule has 1 aromatic heterocycles. The van der Waals surface area contributed by atoms with E-state index in [1.165, 1.54) is 33.4 Å². The molecule has 0 amide bonds. The maximum absolute atomic E-state index is 5.00. The topological polar surface area (TPSA) is 25.8 Å². The second-order valence-electron chi connectivity index (χ2n) is 11.9. The minimum atomic E-state index is -0.176. The van der Waals surface area contributed by atoms with Crippen LogP contribution in [0.1, 0.15) is 25.0 Å². The van der Waals surface area contributed by atoms with Gasteiger partial charge >= 0.3 is 0 Å². The molecule has 216 valence electrons. The van der Waals surface area contributed by atoms with Crippen LogP contribution >= 0.6 is 0 Å². The van der Waals surface area contributed by atoms with Crippen LogP contribution in [0.4, 0.5) is 0 Å². The maximum atomic E-state index is 5.00. The van der Waals surface area contributed by atoms with Gasteiger partial charge in [-0.2, -0.15) is 0 Å². The average Bonchev–Trinajstić information content (AvgIpc) is 3.13. The molecule has 0 fully saturated rings. The Morgan fingerprint density at radius 3 is 1.18 bits per heavy atom. The van der Waals surface area contributed by atoms with Crippen molar-refractivity contribution in [1.29, 1.82) is 0 Å². The summed E-state index contributed by atoms with van der Waals surface area (Å²) in [6.07, 6.45) is 0. The first-order valence-electron chi connectivity index (χ1n) is 15.4. The summed E-state index contributed by atoms with van der Waals surface area (Å²) < 4.78 is 0. The number of benzene rings is 6. The zero-order valence-corrected chi connectivity index (χ0v) is 25.6.